The zero-order valence-corrected chi connectivity index (χ0v) is 15.6. The van der Waals surface area contributed by atoms with Crippen molar-refractivity contribution >= 4 is 34.8 Å². The van der Waals surface area contributed by atoms with E-state index in [1.807, 2.05) is 6.92 Å². The van der Waals surface area contributed by atoms with Crippen molar-refractivity contribution in [2.75, 3.05) is 37.4 Å². The van der Waals surface area contributed by atoms with Gasteiger partial charge >= 0.3 is 0 Å². The van der Waals surface area contributed by atoms with Gasteiger partial charge in [-0.2, -0.15) is 0 Å². The molecule has 7 heteroatoms. The van der Waals surface area contributed by atoms with Crippen LogP contribution in [0.4, 0.5) is 11.4 Å². The first kappa shape index (κ1) is 19.8. The third-order valence-electron chi connectivity index (χ3n) is 3.82. The molecule has 2 amide bonds. The van der Waals surface area contributed by atoms with Crippen LogP contribution in [0, 0.1) is 0 Å². The highest BCUT2D eigenvalue weighted by Crippen LogP contribution is 2.20. The maximum Gasteiger partial charge on any atom is 0.279 e. The lowest BCUT2D eigenvalue weighted by molar-refractivity contribution is -0.881. The number of amides is 2. The van der Waals surface area contributed by atoms with Gasteiger partial charge < -0.3 is 20.3 Å². The Hall–Kier alpha value is -2.57. The molecule has 2 rings (SSSR count). The lowest BCUT2D eigenvalue weighted by atomic mass is 10.3. The van der Waals surface area contributed by atoms with Crippen LogP contribution in [0.3, 0.4) is 0 Å². The summed E-state index contributed by atoms with van der Waals surface area (Å²) in [6.07, 6.45) is 0. The van der Waals surface area contributed by atoms with Gasteiger partial charge in [-0.3, -0.25) is 9.59 Å². The molecular formula is C19H23ClN3O3+. The molecular weight excluding hydrogens is 354 g/mol. The summed E-state index contributed by atoms with van der Waals surface area (Å²) < 4.78 is 5.14. The number of halogens is 1. The van der Waals surface area contributed by atoms with Gasteiger partial charge in [-0.05, 0) is 31.2 Å². The second kappa shape index (κ2) is 9.79. The number of hydrogen-bond donors (Lipinski definition) is 3. The first-order valence-electron chi connectivity index (χ1n) is 8.33. The van der Waals surface area contributed by atoms with Gasteiger partial charge in [0.25, 0.3) is 11.8 Å². The number of benzene rings is 2. The Bertz CT molecular complexity index is 767. The molecule has 1 unspecified atom stereocenters. The highest BCUT2D eigenvalue weighted by Gasteiger charge is 2.17. The number of likely N-dealkylation sites (N-methyl/N-ethyl adjacent to an activating group) is 1. The molecule has 1 atom stereocenters. The molecule has 0 aliphatic rings. The van der Waals surface area contributed by atoms with Crippen molar-refractivity contribution in [3.05, 3.63) is 53.6 Å². The maximum absolute atomic E-state index is 12.2. The Morgan fingerprint density at radius 3 is 2.38 bits per heavy atom. The van der Waals surface area contributed by atoms with E-state index in [1.165, 1.54) is 0 Å². The average molecular weight is 377 g/mol. The van der Waals surface area contributed by atoms with E-state index in [2.05, 4.69) is 10.6 Å². The Morgan fingerprint density at radius 2 is 1.73 bits per heavy atom. The minimum absolute atomic E-state index is 0.166. The van der Waals surface area contributed by atoms with Crippen molar-refractivity contribution in [2.45, 2.75) is 6.92 Å². The Balaban J connectivity index is 1.88. The second-order valence-electron chi connectivity index (χ2n) is 5.77. The van der Waals surface area contributed by atoms with Crippen LogP contribution in [-0.4, -0.2) is 38.6 Å². The summed E-state index contributed by atoms with van der Waals surface area (Å²) in [4.78, 5) is 25.3. The number of para-hydroxylation sites is 1. The summed E-state index contributed by atoms with van der Waals surface area (Å²) >= 11 is 6.04. The quantitative estimate of drug-likeness (QED) is 0.658. The number of carbonyl (C=O) groups excluding carboxylic acids is 2. The number of nitrogens with one attached hydrogen (secondary N) is 3. The first-order chi connectivity index (χ1) is 12.5. The smallest absolute Gasteiger partial charge is 0.279 e. The van der Waals surface area contributed by atoms with Gasteiger partial charge in [-0.25, -0.2) is 0 Å². The van der Waals surface area contributed by atoms with E-state index in [-0.39, 0.29) is 24.9 Å². The van der Waals surface area contributed by atoms with E-state index >= 15 is 0 Å². The Labute approximate surface area is 158 Å². The van der Waals surface area contributed by atoms with Gasteiger partial charge in [-0.15, -0.1) is 0 Å². The maximum atomic E-state index is 12.2. The van der Waals surface area contributed by atoms with E-state index < -0.39 is 0 Å². The fourth-order valence-electron chi connectivity index (χ4n) is 2.43. The number of quaternary nitrogens is 1. The van der Waals surface area contributed by atoms with Crippen LogP contribution in [0.15, 0.2) is 48.5 Å². The van der Waals surface area contributed by atoms with Gasteiger partial charge in [0.2, 0.25) is 0 Å². The van der Waals surface area contributed by atoms with E-state index in [0.717, 1.165) is 4.90 Å². The predicted molar refractivity (Wildman–Crippen MR) is 103 cm³/mol. The van der Waals surface area contributed by atoms with Gasteiger partial charge in [-0.1, -0.05) is 29.8 Å². The molecule has 0 aliphatic heterocycles. The predicted octanol–water partition coefficient (Wildman–Crippen LogP) is 1.83. The number of rotatable bonds is 8. The number of hydrogen-bond acceptors (Lipinski definition) is 3. The molecule has 6 nitrogen and oxygen atoms in total. The molecule has 138 valence electrons. The molecule has 26 heavy (non-hydrogen) atoms. The molecule has 0 saturated carbocycles. The fourth-order valence-corrected chi connectivity index (χ4v) is 2.61. The van der Waals surface area contributed by atoms with Crippen LogP contribution in [0.25, 0.3) is 0 Å². The zero-order chi connectivity index (χ0) is 18.9. The molecule has 2 aromatic rings. The highest BCUT2D eigenvalue weighted by molar-refractivity contribution is 6.33. The molecule has 3 N–H and O–H groups in total. The molecule has 0 spiro atoms. The summed E-state index contributed by atoms with van der Waals surface area (Å²) in [5.41, 5.74) is 1.22. The van der Waals surface area contributed by atoms with E-state index in [0.29, 0.717) is 28.7 Å². The van der Waals surface area contributed by atoms with Gasteiger partial charge in [0.05, 0.1) is 24.4 Å². The van der Waals surface area contributed by atoms with Crippen LogP contribution in [0.2, 0.25) is 5.02 Å². The van der Waals surface area contributed by atoms with Crippen molar-refractivity contribution in [3.63, 3.8) is 0 Å². The Kier molecular flexibility index (Phi) is 7.44. The monoisotopic (exact) mass is 376 g/mol. The fraction of sp³-hybridized carbons (Fsp3) is 0.263. The minimum atomic E-state index is -0.191. The number of ether oxygens (including phenoxy) is 1. The minimum Gasteiger partial charge on any atom is -0.497 e. The average Bonchev–Trinajstić information content (AvgIpc) is 2.63. The van der Waals surface area contributed by atoms with Crippen molar-refractivity contribution in [2.24, 2.45) is 0 Å². The molecule has 0 bridgehead atoms. The molecule has 0 aliphatic carbocycles. The van der Waals surface area contributed by atoms with E-state index in [9.17, 15) is 9.59 Å². The topological polar surface area (TPSA) is 71.9 Å². The van der Waals surface area contributed by atoms with Gasteiger partial charge in [0.1, 0.15) is 5.75 Å². The van der Waals surface area contributed by atoms with Gasteiger partial charge in [0, 0.05) is 11.8 Å². The van der Waals surface area contributed by atoms with E-state index in [1.54, 1.807) is 55.6 Å². The lowest BCUT2D eigenvalue weighted by Gasteiger charge is -2.17. The standard InChI is InChI=1S/C19H22ClN3O3/c1-3-23(13-19(25)22-17-10-5-4-9-16(17)20)12-18(24)21-14-7-6-8-15(11-14)26-2/h4-11H,3,12-13H2,1-2H3,(H,21,24)(H,22,25)/p+1. The second-order valence-corrected chi connectivity index (χ2v) is 6.17. The van der Waals surface area contributed by atoms with E-state index in [4.69, 9.17) is 16.3 Å². The third-order valence-corrected chi connectivity index (χ3v) is 4.15. The Morgan fingerprint density at radius 1 is 1.04 bits per heavy atom. The largest absolute Gasteiger partial charge is 0.497 e. The van der Waals surface area contributed by atoms with Crippen LogP contribution in [0.5, 0.6) is 5.75 Å². The van der Waals surface area contributed by atoms with Crippen molar-refractivity contribution in [1.82, 2.24) is 0 Å². The number of methoxy groups -OCH3 is 1. The number of anilines is 2. The molecule has 0 fully saturated rings. The normalized spacial score (nSPS) is 11.5. The van der Waals surface area contributed by atoms with Crippen LogP contribution in [-0.2, 0) is 9.59 Å². The van der Waals surface area contributed by atoms with Crippen molar-refractivity contribution in [1.29, 1.82) is 0 Å². The van der Waals surface area contributed by atoms with Crippen LogP contribution < -0.4 is 20.3 Å². The number of carbonyl (C=O) groups is 2. The molecule has 0 radical (unpaired) electrons. The SMILES string of the molecule is CC[NH+](CC(=O)Nc1cccc(OC)c1)CC(=O)Nc1ccccc1Cl. The highest BCUT2D eigenvalue weighted by atomic mass is 35.5. The molecule has 2 aromatic carbocycles. The summed E-state index contributed by atoms with van der Waals surface area (Å²) in [5.74, 6) is 0.311. The van der Waals surface area contributed by atoms with Gasteiger partial charge in [0.15, 0.2) is 13.1 Å². The van der Waals surface area contributed by atoms with Crippen molar-refractivity contribution in [3.8, 4) is 5.75 Å². The summed E-state index contributed by atoms with van der Waals surface area (Å²) in [5, 5.41) is 6.08. The molecule has 0 saturated heterocycles. The molecule has 0 heterocycles. The lowest BCUT2D eigenvalue weighted by Crippen LogP contribution is -3.13. The summed E-state index contributed by atoms with van der Waals surface area (Å²) in [6, 6.07) is 14.2. The first-order valence-corrected chi connectivity index (χ1v) is 8.71. The van der Waals surface area contributed by atoms with Crippen molar-refractivity contribution < 1.29 is 19.2 Å². The van der Waals surface area contributed by atoms with Crippen LogP contribution in [0.1, 0.15) is 6.92 Å². The van der Waals surface area contributed by atoms with Crippen LogP contribution >= 0.6 is 11.6 Å². The third kappa shape index (κ3) is 6.06. The summed E-state index contributed by atoms with van der Waals surface area (Å²) in [6.45, 7) is 2.93. The summed E-state index contributed by atoms with van der Waals surface area (Å²) in [7, 11) is 1.57. The zero-order valence-electron chi connectivity index (χ0n) is 14.8. The molecule has 0 aromatic heterocycles.